The number of thiophene rings is 1. The van der Waals surface area contributed by atoms with Gasteiger partial charge < -0.3 is 15.0 Å². The molecule has 4 rings (SSSR count). The van der Waals surface area contributed by atoms with E-state index in [9.17, 15) is 14.0 Å². The Bertz CT molecular complexity index is 1190. The number of halogens is 2. The van der Waals surface area contributed by atoms with E-state index >= 15 is 0 Å². The van der Waals surface area contributed by atoms with Crippen LogP contribution in [0.5, 0.6) is 0 Å². The summed E-state index contributed by atoms with van der Waals surface area (Å²) in [5, 5.41) is 5.60. The molecule has 0 aliphatic carbocycles. The zero-order valence-corrected chi connectivity index (χ0v) is 17.9. The Morgan fingerprint density at radius 1 is 1.10 bits per heavy atom. The number of para-hydroxylation sites is 1. The van der Waals surface area contributed by atoms with Gasteiger partial charge in [0.1, 0.15) is 11.5 Å². The number of ether oxygens (including phenoxy) is 1. The van der Waals surface area contributed by atoms with Crippen molar-refractivity contribution in [3.05, 3.63) is 92.5 Å². The molecule has 0 bridgehead atoms. The maximum Gasteiger partial charge on any atom is 0.356 e. The third-order valence-corrected chi connectivity index (χ3v) is 6.28. The fourth-order valence-corrected chi connectivity index (χ4v) is 4.49. The van der Waals surface area contributed by atoms with E-state index in [2.05, 4.69) is 26.2 Å². The number of benzene rings is 2. The molecule has 152 valence electrons. The molecule has 1 amide bonds. The second-order valence-corrected chi connectivity index (χ2v) is 8.28. The lowest BCUT2D eigenvalue weighted by atomic mass is 10.1. The maximum absolute atomic E-state index is 13.3. The zero-order valence-electron chi connectivity index (χ0n) is 15.5. The van der Waals surface area contributed by atoms with Crippen LogP contribution in [0.25, 0.3) is 10.9 Å². The Hall–Kier alpha value is -2.97. The molecule has 1 atom stereocenters. The number of carbonyl (C=O) groups is 2. The van der Waals surface area contributed by atoms with Crippen molar-refractivity contribution in [1.29, 1.82) is 0 Å². The number of fused-ring (bicyclic) bond motifs is 1. The van der Waals surface area contributed by atoms with Crippen LogP contribution in [-0.4, -0.2) is 23.5 Å². The summed E-state index contributed by atoms with van der Waals surface area (Å²) in [6.07, 6.45) is 0. The molecule has 0 spiro atoms. The highest BCUT2D eigenvalue weighted by Gasteiger charge is 2.21. The van der Waals surface area contributed by atoms with Gasteiger partial charge in [-0.1, -0.05) is 36.4 Å². The van der Waals surface area contributed by atoms with Crippen molar-refractivity contribution < 1.29 is 18.7 Å². The fraction of sp³-hybridized carbons (Fsp3) is 0.0909. The lowest BCUT2D eigenvalue weighted by Crippen LogP contribution is -2.32. The quantitative estimate of drug-likeness (QED) is 0.368. The van der Waals surface area contributed by atoms with Gasteiger partial charge in [-0.15, -0.1) is 11.3 Å². The van der Waals surface area contributed by atoms with Crippen LogP contribution >= 0.6 is 27.3 Å². The second kappa shape index (κ2) is 8.81. The first kappa shape index (κ1) is 20.3. The Morgan fingerprint density at radius 2 is 1.87 bits per heavy atom. The molecule has 0 saturated carbocycles. The van der Waals surface area contributed by atoms with Crippen molar-refractivity contribution in [3.63, 3.8) is 0 Å². The first-order valence-corrected chi connectivity index (χ1v) is 10.7. The molecule has 4 aromatic rings. The Kier molecular flexibility index (Phi) is 5.96. The summed E-state index contributed by atoms with van der Waals surface area (Å²) in [6, 6.07) is 16.6. The number of nitrogens with one attached hydrogen (secondary N) is 2. The van der Waals surface area contributed by atoms with Gasteiger partial charge in [0.15, 0.2) is 6.61 Å². The summed E-state index contributed by atoms with van der Waals surface area (Å²) in [4.78, 5) is 28.8. The van der Waals surface area contributed by atoms with Crippen LogP contribution in [0.3, 0.4) is 0 Å². The standard InChI is InChI=1S/C22H16BrFN2O3S/c23-19-15-4-1-2-5-16(15)25-21(19)22(28)29-12-18(27)26-20(17-6-3-11-30-17)13-7-9-14(24)10-8-13/h1-11,20,25H,12H2,(H,26,27). The fourth-order valence-electron chi connectivity index (χ4n) is 3.08. The highest BCUT2D eigenvalue weighted by atomic mass is 79.9. The lowest BCUT2D eigenvalue weighted by Gasteiger charge is -2.18. The summed E-state index contributed by atoms with van der Waals surface area (Å²) in [6.45, 7) is -0.441. The number of aromatic amines is 1. The van der Waals surface area contributed by atoms with Gasteiger partial charge in [-0.2, -0.15) is 0 Å². The number of rotatable bonds is 6. The van der Waals surface area contributed by atoms with Gasteiger partial charge in [-0.05, 0) is 51.1 Å². The average Bonchev–Trinajstić information content (AvgIpc) is 3.40. The molecule has 2 N–H and O–H groups in total. The van der Waals surface area contributed by atoms with Crippen molar-refractivity contribution in [2.45, 2.75) is 6.04 Å². The van der Waals surface area contributed by atoms with E-state index in [1.807, 2.05) is 41.8 Å². The molecule has 1 unspecified atom stereocenters. The van der Waals surface area contributed by atoms with Crippen LogP contribution in [-0.2, 0) is 9.53 Å². The van der Waals surface area contributed by atoms with Gasteiger partial charge in [0, 0.05) is 15.8 Å². The maximum atomic E-state index is 13.3. The number of amides is 1. The van der Waals surface area contributed by atoms with E-state index in [0.29, 0.717) is 4.47 Å². The van der Waals surface area contributed by atoms with Crippen LogP contribution in [0.1, 0.15) is 27.0 Å². The number of hydrogen-bond acceptors (Lipinski definition) is 4. The lowest BCUT2D eigenvalue weighted by molar-refractivity contribution is -0.124. The van der Waals surface area contributed by atoms with Crippen LogP contribution in [0, 0.1) is 5.82 Å². The normalized spacial score (nSPS) is 11.9. The minimum atomic E-state index is -0.636. The summed E-state index contributed by atoms with van der Waals surface area (Å²) >= 11 is 4.87. The van der Waals surface area contributed by atoms with Crippen molar-refractivity contribution in [2.75, 3.05) is 6.61 Å². The van der Waals surface area contributed by atoms with Gasteiger partial charge in [0.2, 0.25) is 0 Å². The molecular weight excluding hydrogens is 471 g/mol. The van der Waals surface area contributed by atoms with Crippen molar-refractivity contribution in [1.82, 2.24) is 10.3 Å². The first-order chi connectivity index (χ1) is 14.5. The van der Waals surface area contributed by atoms with Crippen LogP contribution in [0.15, 0.2) is 70.5 Å². The van der Waals surface area contributed by atoms with Crippen molar-refractivity contribution in [2.24, 2.45) is 0 Å². The predicted molar refractivity (Wildman–Crippen MR) is 117 cm³/mol. The van der Waals surface area contributed by atoms with Crippen molar-refractivity contribution >= 4 is 50.0 Å². The smallest absolute Gasteiger partial charge is 0.356 e. The molecule has 5 nitrogen and oxygen atoms in total. The summed E-state index contributed by atoms with van der Waals surface area (Å²) in [7, 11) is 0. The van der Waals surface area contributed by atoms with E-state index in [1.54, 1.807) is 12.1 Å². The molecule has 0 saturated heterocycles. The summed E-state index contributed by atoms with van der Waals surface area (Å²) in [5.41, 5.74) is 1.77. The molecule has 2 heterocycles. The number of carbonyl (C=O) groups excluding carboxylic acids is 2. The monoisotopic (exact) mass is 486 g/mol. The minimum Gasteiger partial charge on any atom is -0.451 e. The van der Waals surface area contributed by atoms with Crippen LogP contribution in [0.4, 0.5) is 4.39 Å². The summed E-state index contributed by atoms with van der Waals surface area (Å²) in [5.74, 6) is -1.45. The number of hydrogen-bond donors (Lipinski definition) is 2. The van der Waals surface area contributed by atoms with E-state index in [1.165, 1.54) is 23.5 Å². The Labute approximate surface area is 184 Å². The van der Waals surface area contributed by atoms with Gasteiger partial charge in [-0.25, -0.2) is 9.18 Å². The Balaban J connectivity index is 1.45. The molecule has 2 aromatic carbocycles. The van der Waals surface area contributed by atoms with Gasteiger partial charge in [-0.3, -0.25) is 4.79 Å². The topological polar surface area (TPSA) is 71.2 Å². The number of H-pyrrole nitrogens is 1. The SMILES string of the molecule is O=C(COC(=O)c1[nH]c2ccccc2c1Br)NC(c1ccc(F)cc1)c1cccs1. The molecule has 2 aromatic heterocycles. The second-order valence-electron chi connectivity index (χ2n) is 6.50. The minimum absolute atomic E-state index is 0.248. The highest BCUT2D eigenvalue weighted by Crippen LogP contribution is 2.28. The van der Waals surface area contributed by atoms with E-state index in [4.69, 9.17) is 4.74 Å². The van der Waals surface area contributed by atoms with Gasteiger partial charge in [0.05, 0.1) is 10.5 Å². The van der Waals surface area contributed by atoms with Crippen LogP contribution < -0.4 is 5.32 Å². The van der Waals surface area contributed by atoms with Crippen LogP contribution in [0.2, 0.25) is 0 Å². The predicted octanol–water partition coefficient (Wildman–Crippen LogP) is 5.19. The van der Waals surface area contributed by atoms with E-state index < -0.39 is 24.5 Å². The molecule has 0 radical (unpaired) electrons. The first-order valence-electron chi connectivity index (χ1n) is 9.04. The summed E-state index contributed by atoms with van der Waals surface area (Å²) < 4.78 is 19.1. The molecule has 0 aliphatic rings. The highest BCUT2D eigenvalue weighted by molar-refractivity contribution is 9.10. The number of esters is 1. The molecule has 0 aliphatic heterocycles. The largest absolute Gasteiger partial charge is 0.451 e. The van der Waals surface area contributed by atoms with Crippen molar-refractivity contribution in [3.8, 4) is 0 Å². The number of aromatic nitrogens is 1. The molecular formula is C22H16BrFN2O3S. The van der Waals surface area contributed by atoms with E-state index in [-0.39, 0.29) is 11.5 Å². The molecule has 8 heteroatoms. The van der Waals surface area contributed by atoms with Gasteiger partial charge >= 0.3 is 5.97 Å². The third-order valence-electron chi connectivity index (χ3n) is 4.52. The molecule has 30 heavy (non-hydrogen) atoms. The average molecular weight is 487 g/mol. The van der Waals surface area contributed by atoms with E-state index in [0.717, 1.165) is 21.3 Å². The zero-order chi connectivity index (χ0) is 21.1. The molecule has 0 fully saturated rings. The Morgan fingerprint density at radius 3 is 2.57 bits per heavy atom. The van der Waals surface area contributed by atoms with Gasteiger partial charge in [0.25, 0.3) is 5.91 Å². The third kappa shape index (κ3) is 4.29.